The SMILES string of the molecule is COC(=O)c1cccc2c(C[C@@H](C)NC(=O)OC(C)(C)C)c[nH]c12. The summed E-state index contributed by atoms with van der Waals surface area (Å²) in [7, 11) is 1.36. The van der Waals surface area contributed by atoms with Crippen molar-refractivity contribution in [2.75, 3.05) is 7.11 Å². The summed E-state index contributed by atoms with van der Waals surface area (Å²) in [6.07, 6.45) is 2.03. The van der Waals surface area contributed by atoms with E-state index in [1.807, 2.05) is 46.0 Å². The first-order chi connectivity index (χ1) is 11.2. The van der Waals surface area contributed by atoms with Crippen LogP contribution in [0.5, 0.6) is 0 Å². The van der Waals surface area contributed by atoms with Crippen LogP contribution in [-0.4, -0.2) is 35.8 Å². The number of esters is 1. The standard InChI is InChI=1S/C18H24N2O4/c1-11(20-17(22)24-18(2,3)4)9-12-10-19-15-13(12)7-6-8-14(15)16(21)23-5/h6-8,10-11,19H,9H2,1-5H3,(H,20,22)/t11-/m1/s1. The normalized spacial score (nSPS) is 12.7. The zero-order valence-electron chi connectivity index (χ0n) is 14.7. The van der Waals surface area contributed by atoms with Crippen LogP contribution in [-0.2, 0) is 15.9 Å². The van der Waals surface area contributed by atoms with Gasteiger partial charge in [0, 0.05) is 17.6 Å². The van der Waals surface area contributed by atoms with Gasteiger partial charge in [-0.25, -0.2) is 9.59 Å². The number of ether oxygens (including phenoxy) is 2. The van der Waals surface area contributed by atoms with Crippen LogP contribution in [0.25, 0.3) is 10.9 Å². The Balaban J connectivity index is 2.13. The molecule has 6 heteroatoms. The minimum Gasteiger partial charge on any atom is -0.465 e. The number of hydrogen-bond acceptors (Lipinski definition) is 4. The average Bonchev–Trinajstić information content (AvgIpc) is 2.87. The van der Waals surface area contributed by atoms with Crippen molar-refractivity contribution >= 4 is 23.0 Å². The third-order valence-electron chi connectivity index (χ3n) is 3.50. The Labute approximate surface area is 141 Å². The Bertz CT molecular complexity index is 743. The van der Waals surface area contributed by atoms with Crippen LogP contribution < -0.4 is 5.32 Å². The molecule has 1 amide bonds. The topological polar surface area (TPSA) is 80.4 Å². The van der Waals surface area contributed by atoms with Gasteiger partial charge in [0.1, 0.15) is 5.60 Å². The molecule has 0 spiro atoms. The lowest BCUT2D eigenvalue weighted by Gasteiger charge is -2.21. The van der Waals surface area contributed by atoms with Gasteiger partial charge >= 0.3 is 12.1 Å². The van der Waals surface area contributed by atoms with E-state index in [0.29, 0.717) is 12.0 Å². The molecule has 0 radical (unpaired) electrons. The van der Waals surface area contributed by atoms with Crippen molar-refractivity contribution in [1.29, 1.82) is 0 Å². The second kappa shape index (κ2) is 6.95. The molecule has 0 aliphatic rings. The van der Waals surface area contributed by atoms with Crippen molar-refractivity contribution in [3.63, 3.8) is 0 Å². The number of methoxy groups -OCH3 is 1. The van der Waals surface area contributed by atoms with Crippen molar-refractivity contribution in [3.8, 4) is 0 Å². The second-order valence-electron chi connectivity index (χ2n) is 6.79. The average molecular weight is 332 g/mol. The first-order valence-electron chi connectivity index (χ1n) is 7.88. The predicted molar refractivity (Wildman–Crippen MR) is 92.2 cm³/mol. The summed E-state index contributed by atoms with van der Waals surface area (Å²) in [5.74, 6) is -0.381. The maximum Gasteiger partial charge on any atom is 0.407 e. The van der Waals surface area contributed by atoms with E-state index in [2.05, 4.69) is 10.3 Å². The number of carbonyl (C=O) groups excluding carboxylic acids is 2. The number of aromatic nitrogens is 1. The molecule has 2 N–H and O–H groups in total. The van der Waals surface area contributed by atoms with E-state index in [-0.39, 0.29) is 12.0 Å². The van der Waals surface area contributed by atoms with Gasteiger partial charge in [-0.1, -0.05) is 12.1 Å². The number of amides is 1. The highest BCUT2D eigenvalue weighted by atomic mass is 16.6. The summed E-state index contributed by atoms with van der Waals surface area (Å²) in [4.78, 5) is 26.8. The van der Waals surface area contributed by atoms with Crippen LogP contribution in [0.15, 0.2) is 24.4 Å². The molecule has 0 saturated carbocycles. The predicted octanol–water partition coefficient (Wildman–Crippen LogP) is 3.41. The molecule has 0 bridgehead atoms. The second-order valence-corrected chi connectivity index (χ2v) is 6.79. The number of benzene rings is 1. The van der Waals surface area contributed by atoms with Crippen LogP contribution in [0.2, 0.25) is 0 Å². The van der Waals surface area contributed by atoms with E-state index in [9.17, 15) is 9.59 Å². The molecule has 1 heterocycles. The van der Waals surface area contributed by atoms with Crippen LogP contribution >= 0.6 is 0 Å². The molecule has 2 aromatic rings. The third kappa shape index (κ3) is 4.28. The van der Waals surface area contributed by atoms with Gasteiger partial charge in [-0.3, -0.25) is 0 Å². The fourth-order valence-electron chi connectivity index (χ4n) is 2.55. The summed E-state index contributed by atoms with van der Waals surface area (Å²) < 4.78 is 10.1. The highest BCUT2D eigenvalue weighted by molar-refractivity contribution is 6.03. The van der Waals surface area contributed by atoms with Gasteiger partial charge in [0.05, 0.1) is 18.2 Å². The molecule has 0 aliphatic heterocycles. The van der Waals surface area contributed by atoms with E-state index < -0.39 is 11.7 Å². The molecule has 6 nitrogen and oxygen atoms in total. The summed E-state index contributed by atoms with van der Waals surface area (Å²) >= 11 is 0. The van der Waals surface area contributed by atoms with E-state index >= 15 is 0 Å². The van der Waals surface area contributed by atoms with Crippen molar-refractivity contribution in [2.45, 2.75) is 45.8 Å². The zero-order valence-corrected chi connectivity index (χ0v) is 14.7. The molecule has 0 aliphatic carbocycles. The summed E-state index contributed by atoms with van der Waals surface area (Å²) in [6, 6.07) is 5.36. The summed E-state index contributed by atoms with van der Waals surface area (Å²) in [6.45, 7) is 7.38. The Hall–Kier alpha value is -2.50. The fraction of sp³-hybridized carbons (Fsp3) is 0.444. The van der Waals surface area contributed by atoms with Crippen molar-refractivity contribution < 1.29 is 19.1 Å². The minimum atomic E-state index is -0.528. The van der Waals surface area contributed by atoms with Gasteiger partial charge in [-0.05, 0) is 45.7 Å². The highest BCUT2D eigenvalue weighted by Crippen LogP contribution is 2.23. The molecule has 1 aromatic carbocycles. The Morgan fingerprint density at radius 1 is 1.29 bits per heavy atom. The monoisotopic (exact) mass is 332 g/mol. The van der Waals surface area contributed by atoms with Crippen LogP contribution in [0.1, 0.15) is 43.6 Å². The number of nitrogens with one attached hydrogen (secondary N) is 2. The Morgan fingerprint density at radius 2 is 2.00 bits per heavy atom. The number of rotatable bonds is 4. The third-order valence-corrected chi connectivity index (χ3v) is 3.50. The lowest BCUT2D eigenvalue weighted by atomic mass is 10.0. The number of hydrogen-bond donors (Lipinski definition) is 2. The lowest BCUT2D eigenvalue weighted by molar-refractivity contribution is 0.0507. The lowest BCUT2D eigenvalue weighted by Crippen LogP contribution is -2.38. The van der Waals surface area contributed by atoms with E-state index in [1.165, 1.54) is 7.11 Å². The summed E-state index contributed by atoms with van der Waals surface area (Å²) in [5.41, 5.74) is 1.72. The van der Waals surface area contributed by atoms with E-state index in [4.69, 9.17) is 9.47 Å². The van der Waals surface area contributed by atoms with Crippen molar-refractivity contribution in [2.24, 2.45) is 0 Å². The van der Waals surface area contributed by atoms with Gasteiger partial charge in [0.25, 0.3) is 0 Å². The molecule has 24 heavy (non-hydrogen) atoms. The van der Waals surface area contributed by atoms with E-state index in [1.54, 1.807) is 6.07 Å². The smallest absolute Gasteiger partial charge is 0.407 e. The number of carbonyl (C=O) groups is 2. The molecule has 1 aromatic heterocycles. The van der Waals surface area contributed by atoms with Crippen LogP contribution in [0, 0.1) is 0 Å². The highest BCUT2D eigenvalue weighted by Gasteiger charge is 2.19. The number of fused-ring (bicyclic) bond motifs is 1. The molecule has 0 fully saturated rings. The van der Waals surface area contributed by atoms with Gasteiger partial charge in [0.2, 0.25) is 0 Å². The van der Waals surface area contributed by atoms with Crippen LogP contribution in [0.4, 0.5) is 4.79 Å². The largest absolute Gasteiger partial charge is 0.465 e. The molecule has 0 saturated heterocycles. The maximum atomic E-state index is 11.8. The first kappa shape index (κ1) is 17.8. The molecular weight excluding hydrogens is 308 g/mol. The van der Waals surface area contributed by atoms with Crippen molar-refractivity contribution in [1.82, 2.24) is 10.3 Å². The number of aromatic amines is 1. The first-order valence-corrected chi connectivity index (χ1v) is 7.88. The Kier molecular flexibility index (Phi) is 5.17. The molecule has 1 atom stereocenters. The molecule has 0 unspecified atom stereocenters. The molecule has 2 rings (SSSR count). The maximum absolute atomic E-state index is 11.8. The number of H-pyrrole nitrogens is 1. The van der Waals surface area contributed by atoms with Gasteiger partial charge in [-0.2, -0.15) is 0 Å². The molecular formula is C18H24N2O4. The minimum absolute atomic E-state index is 0.111. The number of alkyl carbamates (subject to hydrolysis) is 1. The summed E-state index contributed by atoms with van der Waals surface area (Å²) in [5, 5.41) is 3.76. The van der Waals surface area contributed by atoms with Gasteiger partial charge < -0.3 is 19.8 Å². The Morgan fingerprint density at radius 3 is 2.62 bits per heavy atom. The van der Waals surface area contributed by atoms with E-state index in [0.717, 1.165) is 16.5 Å². The van der Waals surface area contributed by atoms with Crippen molar-refractivity contribution in [3.05, 3.63) is 35.5 Å². The quantitative estimate of drug-likeness (QED) is 0.841. The van der Waals surface area contributed by atoms with Gasteiger partial charge in [-0.15, -0.1) is 0 Å². The fourth-order valence-corrected chi connectivity index (χ4v) is 2.55. The van der Waals surface area contributed by atoms with Gasteiger partial charge in [0.15, 0.2) is 0 Å². The van der Waals surface area contributed by atoms with Crippen LogP contribution in [0.3, 0.4) is 0 Å². The zero-order chi connectivity index (χ0) is 17.9. The number of para-hydroxylation sites is 1. The molecule has 130 valence electrons.